The van der Waals surface area contributed by atoms with E-state index in [9.17, 15) is 19.7 Å². The number of nitro groups is 1. The fourth-order valence-corrected chi connectivity index (χ4v) is 2.52. The molecule has 1 aromatic carbocycles. The second-order valence-corrected chi connectivity index (χ2v) is 5.01. The molecule has 0 bridgehead atoms. The lowest BCUT2D eigenvalue weighted by atomic mass is 9.96. The molecule has 1 atom stereocenters. The third kappa shape index (κ3) is 3.10. The Morgan fingerprint density at radius 1 is 1.33 bits per heavy atom. The van der Waals surface area contributed by atoms with Gasteiger partial charge >= 0.3 is 0 Å². The molecule has 2 amide bonds. The number of nitro benzene ring substituents is 1. The van der Waals surface area contributed by atoms with E-state index >= 15 is 0 Å². The zero-order valence-corrected chi connectivity index (χ0v) is 11.3. The van der Waals surface area contributed by atoms with Gasteiger partial charge in [0.25, 0.3) is 5.69 Å². The molecule has 21 heavy (non-hydrogen) atoms. The number of benzene rings is 1. The molecule has 0 radical (unpaired) electrons. The third-order valence-electron chi connectivity index (χ3n) is 3.62. The van der Waals surface area contributed by atoms with Crippen molar-refractivity contribution >= 4 is 23.2 Å². The first kappa shape index (κ1) is 14.8. The van der Waals surface area contributed by atoms with Crippen LogP contribution in [-0.4, -0.2) is 29.8 Å². The van der Waals surface area contributed by atoms with E-state index in [2.05, 4.69) is 0 Å². The molecule has 4 N–H and O–H groups in total. The Kier molecular flexibility index (Phi) is 4.06. The zero-order valence-electron chi connectivity index (χ0n) is 11.3. The van der Waals surface area contributed by atoms with Crippen molar-refractivity contribution in [2.75, 3.05) is 18.0 Å². The van der Waals surface area contributed by atoms with Crippen molar-refractivity contribution in [3.8, 4) is 0 Å². The Bertz CT molecular complexity index is 602. The van der Waals surface area contributed by atoms with Crippen LogP contribution in [0.25, 0.3) is 0 Å². The van der Waals surface area contributed by atoms with Gasteiger partial charge < -0.3 is 16.4 Å². The summed E-state index contributed by atoms with van der Waals surface area (Å²) in [5.41, 5.74) is 10.7. The Labute approximate surface area is 120 Å². The summed E-state index contributed by atoms with van der Waals surface area (Å²) in [5.74, 6) is -1.46. The standard InChI is InChI=1S/C13H16N4O4/c14-12(18)8-3-4-10(11(6-8)17(20)21)16-5-1-2-9(7-16)13(15)19/h3-4,6,9H,1-2,5,7H2,(H2,14,18)(H2,15,19). The van der Waals surface area contributed by atoms with E-state index in [0.717, 1.165) is 12.5 Å². The van der Waals surface area contributed by atoms with Crippen LogP contribution in [0, 0.1) is 16.0 Å². The summed E-state index contributed by atoms with van der Waals surface area (Å²) in [5, 5.41) is 11.2. The lowest BCUT2D eigenvalue weighted by Gasteiger charge is -2.32. The molecule has 1 aliphatic rings. The van der Waals surface area contributed by atoms with Gasteiger partial charge in [-0.05, 0) is 25.0 Å². The van der Waals surface area contributed by atoms with Crippen molar-refractivity contribution in [3.63, 3.8) is 0 Å². The van der Waals surface area contributed by atoms with Crippen molar-refractivity contribution in [2.45, 2.75) is 12.8 Å². The fraction of sp³-hybridized carbons (Fsp3) is 0.385. The maximum absolute atomic E-state index is 11.3. The van der Waals surface area contributed by atoms with E-state index < -0.39 is 16.7 Å². The predicted molar refractivity (Wildman–Crippen MR) is 75.7 cm³/mol. The molecule has 1 saturated heterocycles. The molecular weight excluding hydrogens is 276 g/mol. The normalized spacial score (nSPS) is 18.3. The van der Waals surface area contributed by atoms with Gasteiger partial charge in [0, 0.05) is 24.7 Å². The smallest absolute Gasteiger partial charge is 0.293 e. The van der Waals surface area contributed by atoms with Gasteiger partial charge in [-0.25, -0.2) is 0 Å². The highest BCUT2D eigenvalue weighted by Gasteiger charge is 2.28. The quantitative estimate of drug-likeness (QED) is 0.612. The van der Waals surface area contributed by atoms with Gasteiger partial charge in [0.2, 0.25) is 11.8 Å². The number of rotatable bonds is 4. The van der Waals surface area contributed by atoms with Crippen molar-refractivity contribution in [1.82, 2.24) is 0 Å². The second-order valence-electron chi connectivity index (χ2n) is 5.01. The number of nitrogens with two attached hydrogens (primary N) is 2. The molecule has 1 heterocycles. The molecule has 112 valence electrons. The van der Waals surface area contributed by atoms with Gasteiger partial charge in [0.1, 0.15) is 5.69 Å². The maximum Gasteiger partial charge on any atom is 0.293 e. The van der Waals surface area contributed by atoms with E-state index in [4.69, 9.17) is 11.5 Å². The minimum atomic E-state index is -0.724. The second kappa shape index (κ2) is 5.78. The third-order valence-corrected chi connectivity index (χ3v) is 3.62. The summed E-state index contributed by atoms with van der Waals surface area (Å²) in [4.78, 5) is 34.8. The van der Waals surface area contributed by atoms with Crippen molar-refractivity contribution < 1.29 is 14.5 Å². The average Bonchev–Trinajstić information content (AvgIpc) is 2.46. The number of hydrogen-bond donors (Lipinski definition) is 2. The van der Waals surface area contributed by atoms with E-state index in [-0.39, 0.29) is 17.2 Å². The van der Waals surface area contributed by atoms with E-state index in [1.807, 2.05) is 0 Å². The van der Waals surface area contributed by atoms with Crippen LogP contribution in [0.1, 0.15) is 23.2 Å². The molecule has 0 saturated carbocycles. The van der Waals surface area contributed by atoms with Gasteiger partial charge in [-0.1, -0.05) is 0 Å². The Morgan fingerprint density at radius 3 is 2.62 bits per heavy atom. The van der Waals surface area contributed by atoms with Crippen LogP contribution in [-0.2, 0) is 4.79 Å². The number of primary amides is 2. The minimum absolute atomic E-state index is 0.0777. The number of amides is 2. The van der Waals surface area contributed by atoms with Gasteiger partial charge in [-0.3, -0.25) is 19.7 Å². The Morgan fingerprint density at radius 2 is 2.05 bits per heavy atom. The van der Waals surface area contributed by atoms with Crippen LogP contribution in [0.15, 0.2) is 18.2 Å². The number of anilines is 1. The van der Waals surface area contributed by atoms with Gasteiger partial charge in [-0.15, -0.1) is 0 Å². The highest BCUT2D eigenvalue weighted by Crippen LogP contribution is 2.32. The summed E-state index contributed by atoms with van der Waals surface area (Å²) in [6.07, 6.45) is 1.40. The van der Waals surface area contributed by atoms with Crippen molar-refractivity contribution in [3.05, 3.63) is 33.9 Å². The molecular formula is C13H16N4O4. The highest BCUT2D eigenvalue weighted by atomic mass is 16.6. The Balaban J connectivity index is 2.36. The molecule has 1 aromatic rings. The summed E-state index contributed by atoms with van der Waals surface area (Å²) >= 11 is 0. The van der Waals surface area contributed by atoms with Gasteiger partial charge in [-0.2, -0.15) is 0 Å². The van der Waals surface area contributed by atoms with Crippen LogP contribution in [0.4, 0.5) is 11.4 Å². The maximum atomic E-state index is 11.3. The first-order valence-electron chi connectivity index (χ1n) is 6.52. The van der Waals surface area contributed by atoms with E-state index in [0.29, 0.717) is 25.2 Å². The van der Waals surface area contributed by atoms with Crippen LogP contribution in [0.3, 0.4) is 0 Å². The van der Waals surface area contributed by atoms with Crippen molar-refractivity contribution in [1.29, 1.82) is 0 Å². The van der Waals surface area contributed by atoms with Crippen LogP contribution < -0.4 is 16.4 Å². The predicted octanol–water partition coefficient (Wildman–Crippen LogP) is 0.395. The monoisotopic (exact) mass is 292 g/mol. The molecule has 0 aromatic heterocycles. The first-order valence-corrected chi connectivity index (χ1v) is 6.52. The molecule has 1 aliphatic heterocycles. The number of carbonyl (C=O) groups excluding carboxylic acids is 2. The van der Waals surface area contributed by atoms with Crippen LogP contribution >= 0.6 is 0 Å². The highest BCUT2D eigenvalue weighted by molar-refractivity contribution is 5.94. The molecule has 8 heteroatoms. The fourth-order valence-electron chi connectivity index (χ4n) is 2.52. The molecule has 0 aliphatic carbocycles. The number of carbonyl (C=O) groups is 2. The van der Waals surface area contributed by atoms with Crippen LogP contribution in [0.5, 0.6) is 0 Å². The first-order chi connectivity index (χ1) is 9.90. The molecule has 2 rings (SSSR count). The average molecular weight is 292 g/mol. The SMILES string of the molecule is NC(=O)c1ccc(N2CCCC(C(N)=O)C2)c([N+](=O)[O-])c1. The lowest BCUT2D eigenvalue weighted by Crippen LogP contribution is -2.41. The molecule has 1 unspecified atom stereocenters. The number of piperidine rings is 1. The minimum Gasteiger partial charge on any atom is -0.369 e. The zero-order chi connectivity index (χ0) is 15.6. The number of hydrogen-bond acceptors (Lipinski definition) is 5. The summed E-state index contributed by atoms with van der Waals surface area (Å²) in [7, 11) is 0. The summed E-state index contributed by atoms with van der Waals surface area (Å²) in [6, 6.07) is 4.09. The van der Waals surface area contributed by atoms with Gasteiger partial charge in [0.05, 0.1) is 10.8 Å². The topological polar surface area (TPSA) is 133 Å². The van der Waals surface area contributed by atoms with E-state index in [1.165, 1.54) is 12.1 Å². The number of nitrogens with zero attached hydrogens (tertiary/aromatic N) is 2. The molecule has 0 spiro atoms. The van der Waals surface area contributed by atoms with E-state index in [1.54, 1.807) is 4.90 Å². The Hall–Kier alpha value is -2.64. The largest absolute Gasteiger partial charge is 0.369 e. The lowest BCUT2D eigenvalue weighted by molar-refractivity contribution is -0.384. The van der Waals surface area contributed by atoms with Gasteiger partial charge in [0.15, 0.2) is 0 Å². The summed E-state index contributed by atoms with van der Waals surface area (Å²) in [6.45, 7) is 0.937. The molecule has 1 fully saturated rings. The van der Waals surface area contributed by atoms with Crippen molar-refractivity contribution in [2.24, 2.45) is 17.4 Å². The summed E-state index contributed by atoms with van der Waals surface area (Å²) < 4.78 is 0. The molecule has 8 nitrogen and oxygen atoms in total. The van der Waals surface area contributed by atoms with Crippen LogP contribution in [0.2, 0.25) is 0 Å².